The lowest BCUT2D eigenvalue weighted by molar-refractivity contribution is 0.415. The van der Waals surface area contributed by atoms with Gasteiger partial charge in [-0.1, -0.05) is 53.5 Å². The van der Waals surface area contributed by atoms with Gasteiger partial charge in [-0.2, -0.15) is 0 Å². The van der Waals surface area contributed by atoms with E-state index in [1.165, 1.54) is 11.3 Å². The van der Waals surface area contributed by atoms with E-state index in [1.54, 1.807) is 13.3 Å². The number of imidazole rings is 1. The maximum atomic E-state index is 6.75. The Labute approximate surface area is 192 Å². The smallest absolute Gasteiger partial charge is 0.198 e. The van der Waals surface area contributed by atoms with Crippen molar-refractivity contribution in [1.82, 2.24) is 19.5 Å². The van der Waals surface area contributed by atoms with Crippen LogP contribution in [0.25, 0.3) is 43.4 Å². The van der Waals surface area contributed by atoms with Crippen molar-refractivity contribution in [3.8, 4) is 39.0 Å². The summed E-state index contributed by atoms with van der Waals surface area (Å²) < 4.78 is 7.30. The summed E-state index contributed by atoms with van der Waals surface area (Å²) in [5, 5.41) is 1.80. The number of rotatable bonds is 4. The predicted octanol–water partition coefficient (Wildman–Crippen LogP) is 6.74. The summed E-state index contributed by atoms with van der Waals surface area (Å²) in [7, 11) is 3.53. The summed E-state index contributed by atoms with van der Waals surface area (Å²) >= 11 is 14.9. The molecule has 0 N–H and O–H groups in total. The zero-order valence-electron chi connectivity index (χ0n) is 16.6. The van der Waals surface area contributed by atoms with Gasteiger partial charge >= 0.3 is 0 Å². The number of hydrogen-bond donors (Lipinski definition) is 0. The van der Waals surface area contributed by atoms with Gasteiger partial charge < -0.3 is 9.30 Å². The molecule has 3 heterocycles. The molecule has 0 fully saturated rings. The van der Waals surface area contributed by atoms with Crippen molar-refractivity contribution in [2.45, 2.75) is 0 Å². The molecular formula is C23H16Cl2N4OS. The number of aromatic nitrogens is 4. The number of methoxy groups -OCH3 is 1. The van der Waals surface area contributed by atoms with Gasteiger partial charge in [-0.25, -0.2) is 15.0 Å². The first-order valence-corrected chi connectivity index (χ1v) is 11.0. The highest BCUT2D eigenvalue weighted by atomic mass is 35.5. The van der Waals surface area contributed by atoms with Gasteiger partial charge in [0.25, 0.3) is 0 Å². The fourth-order valence-corrected chi connectivity index (χ4v) is 5.33. The molecule has 0 bridgehead atoms. The minimum absolute atomic E-state index is 0.378. The first-order valence-electron chi connectivity index (χ1n) is 9.44. The Bertz CT molecular complexity index is 1410. The first kappa shape index (κ1) is 20.0. The Kier molecular flexibility index (Phi) is 5.14. The molecule has 2 aromatic carbocycles. The second kappa shape index (κ2) is 7.96. The standard InChI is InChI=1S/C23H16Cl2N4OS/c1-29-11-10-26-22(29)21-27-20(25)18-17(13-6-4-3-5-7-13)19(31-23(18)28-21)15-12-14(30-2)8-9-16(15)24/h3-12H,1-2H3. The third kappa shape index (κ3) is 3.47. The molecular weight excluding hydrogens is 451 g/mol. The molecule has 5 rings (SSSR count). The van der Waals surface area contributed by atoms with Gasteiger partial charge in [0.05, 0.1) is 12.5 Å². The van der Waals surface area contributed by atoms with E-state index < -0.39 is 0 Å². The average molecular weight is 467 g/mol. The Morgan fingerprint density at radius 2 is 1.84 bits per heavy atom. The van der Waals surface area contributed by atoms with Crippen LogP contribution in [0.2, 0.25) is 10.2 Å². The number of fused-ring (bicyclic) bond motifs is 1. The van der Waals surface area contributed by atoms with Crippen molar-refractivity contribution in [2.75, 3.05) is 7.11 Å². The first-order chi connectivity index (χ1) is 15.1. The number of aryl methyl sites for hydroxylation is 1. The van der Waals surface area contributed by atoms with Crippen LogP contribution in [0.1, 0.15) is 0 Å². The topological polar surface area (TPSA) is 52.8 Å². The summed E-state index contributed by atoms with van der Waals surface area (Å²) in [6.07, 6.45) is 3.56. The molecule has 0 atom stereocenters. The number of halogens is 2. The number of benzene rings is 2. The summed E-state index contributed by atoms with van der Waals surface area (Å²) in [6.45, 7) is 0. The average Bonchev–Trinajstić information content (AvgIpc) is 3.38. The van der Waals surface area contributed by atoms with Crippen LogP contribution < -0.4 is 4.74 Å². The largest absolute Gasteiger partial charge is 0.497 e. The van der Waals surface area contributed by atoms with Crippen molar-refractivity contribution in [1.29, 1.82) is 0 Å². The summed E-state index contributed by atoms with van der Waals surface area (Å²) in [4.78, 5) is 15.5. The van der Waals surface area contributed by atoms with Gasteiger partial charge in [-0.3, -0.25) is 0 Å². The van der Waals surface area contributed by atoms with Crippen molar-refractivity contribution in [3.05, 3.63) is 71.1 Å². The lowest BCUT2D eigenvalue weighted by atomic mass is 10.00. The van der Waals surface area contributed by atoms with Gasteiger partial charge in [-0.05, 0) is 23.8 Å². The van der Waals surface area contributed by atoms with E-state index in [9.17, 15) is 0 Å². The van der Waals surface area contributed by atoms with Crippen LogP contribution in [0, 0.1) is 0 Å². The maximum absolute atomic E-state index is 6.75. The summed E-state index contributed by atoms with van der Waals surface area (Å²) in [5.41, 5.74) is 2.82. The molecule has 5 nitrogen and oxygen atoms in total. The van der Waals surface area contributed by atoms with E-state index in [-0.39, 0.29) is 0 Å². The Hall–Kier alpha value is -2.93. The molecule has 0 aliphatic carbocycles. The second-order valence-electron chi connectivity index (χ2n) is 6.90. The number of nitrogens with zero attached hydrogens (tertiary/aromatic N) is 4. The molecule has 0 radical (unpaired) electrons. The van der Waals surface area contributed by atoms with Crippen LogP contribution in [0.15, 0.2) is 60.9 Å². The van der Waals surface area contributed by atoms with Crippen LogP contribution in [-0.4, -0.2) is 26.6 Å². The lowest BCUT2D eigenvalue weighted by Gasteiger charge is -2.09. The van der Waals surface area contributed by atoms with Gasteiger partial charge in [0.1, 0.15) is 15.7 Å². The highest BCUT2D eigenvalue weighted by molar-refractivity contribution is 7.22. The van der Waals surface area contributed by atoms with E-state index >= 15 is 0 Å². The Morgan fingerprint density at radius 3 is 2.55 bits per heavy atom. The van der Waals surface area contributed by atoms with Crippen molar-refractivity contribution in [3.63, 3.8) is 0 Å². The molecule has 0 saturated carbocycles. The third-order valence-electron chi connectivity index (χ3n) is 5.01. The molecule has 0 aliphatic heterocycles. The van der Waals surface area contributed by atoms with Crippen LogP contribution in [0.4, 0.5) is 0 Å². The van der Waals surface area contributed by atoms with Crippen LogP contribution in [0.3, 0.4) is 0 Å². The van der Waals surface area contributed by atoms with Crippen LogP contribution in [-0.2, 0) is 7.05 Å². The zero-order chi connectivity index (χ0) is 21.5. The van der Waals surface area contributed by atoms with Crippen molar-refractivity contribution in [2.24, 2.45) is 7.05 Å². The van der Waals surface area contributed by atoms with E-state index in [0.29, 0.717) is 21.8 Å². The fourth-order valence-electron chi connectivity index (χ4n) is 3.52. The highest BCUT2D eigenvalue weighted by Crippen LogP contribution is 2.48. The summed E-state index contributed by atoms with van der Waals surface area (Å²) in [5.74, 6) is 1.86. The van der Waals surface area contributed by atoms with Gasteiger partial charge in [0.15, 0.2) is 11.6 Å². The van der Waals surface area contributed by atoms with E-state index in [2.05, 4.69) is 9.97 Å². The molecule has 0 unspecified atom stereocenters. The molecule has 0 spiro atoms. The summed E-state index contributed by atoms with van der Waals surface area (Å²) in [6, 6.07) is 15.7. The van der Waals surface area contributed by atoms with E-state index in [4.69, 9.17) is 32.9 Å². The Morgan fingerprint density at radius 1 is 1.03 bits per heavy atom. The number of thiophene rings is 1. The second-order valence-corrected chi connectivity index (χ2v) is 8.66. The van der Waals surface area contributed by atoms with Gasteiger partial charge in [0.2, 0.25) is 0 Å². The highest BCUT2D eigenvalue weighted by Gasteiger charge is 2.23. The normalized spacial score (nSPS) is 11.2. The molecule has 0 aliphatic rings. The Balaban J connectivity index is 1.85. The van der Waals surface area contributed by atoms with E-state index in [1.807, 2.05) is 66.3 Å². The molecule has 31 heavy (non-hydrogen) atoms. The molecule has 0 saturated heterocycles. The van der Waals surface area contributed by atoms with Gasteiger partial charge in [0, 0.05) is 40.5 Å². The lowest BCUT2D eigenvalue weighted by Crippen LogP contribution is -1.97. The maximum Gasteiger partial charge on any atom is 0.198 e. The quantitative estimate of drug-likeness (QED) is 0.275. The minimum Gasteiger partial charge on any atom is -0.497 e. The number of hydrogen-bond acceptors (Lipinski definition) is 5. The van der Waals surface area contributed by atoms with Crippen LogP contribution in [0.5, 0.6) is 5.75 Å². The van der Waals surface area contributed by atoms with Crippen LogP contribution >= 0.6 is 34.5 Å². The van der Waals surface area contributed by atoms with E-state index in [0.717, 1.165) is 37.5 Å². The SMILES string of the molecule is COc1ccc(Cl)c(-c2sc3nc(-c4nccn4C)nc(Cl)c3c2-c2ccccc2)c1. The van der Waals surface area contributed by atoms with Crippen molar-refractivity contribution < 1.29 is 4.74 Å². The molecule has 0 amide bonds. The molecule has 154 valence electrons. The predicted molar refractivity (Wildman–Crippen MR) is 127 cm³/mol. The minimum atomic E-state index is 0.378. The monoisotopic (exact) mass is 466 g/mol. The molecule has 5 aromatic rings. The number of ether oxygens (including phenoxy) is 1. The van der Waals surface area contributed by atoms with Crippen molar-refractivity contribution >= 4 is 44.8 Å². The molecule has 8 heteroatoms. The third-order valence-corrected chi connectivity index (χ3v) is 6.73. The zero-order valence-corrected chi connectivity index (χ0v) is 19.0. The molecule has 3 aromatic heterocycles. The fraction of sp³-hybridized carbons (Fsp3) is 0.0870. The van der Waals surface area contributed by atoms with Gasteiger partial charge in [-0.15, -0.1) is 11.3 Å².